The molecule has 2 aliphatic heterocycles. The normalized spacial score (nSPS) is 11.6. The number of nitro groups is 2. The molecular formula is C84H111N11O45. The van der Waals surface area contributed by atoms with Crippen LogP contribution in [0.4, 0.5) is 30.6 Å². The number of hydrogen-bond acceptors (Lipinski definition) is 49. The van der Waals surface area contributed by atoms with Gasteiger partial charge in [-0.2, -0.15) is 5.01 Å². The fourth-order valence-electron chi connectivity index (χ4n) is 9.71. The van der Waals surface area contributed by atoms with Gasteiger partial charge in [0.15, 0.2) is 0 Å². The summed E-state index contributed by atoms with van der Waals surface area (Å²) in [5.74, 6) is -2.75. The van der Waals surface area contributed by atoms with E-state index >= 15 is 0 Å². The molecule has 0 radical (unpaired) electrons. The highest BCUT2D eigenvalue weighted by atomic mass is 16.8. The quantitative estimate of drug-likeness (QED) is 0.00658. The summed E-state index contributed by atoms with van der Waals surface area (Å²) in [6.07, 6.45) is 1.84. The first kappa shape index (κ1) is 120. The Morgan fingerprint density at radius 2 is 0.621 bits per heavy atom. The molecule has 2 aromatic heterocycles. The van der Waals surface area contributed by atoms with Crippen LogP contribution in [0.1, 0.15) is 77.0 Å². The Labute approximate surface area is 797 Å². The number of non-ortho nitro benzene ring substituents is 2. The summed E-state index contributed by atoms with van der Waals surface area (Å²) in [5, 5.41) is 37.5. The molecule has 1 N–H and O–H groups in total. The van der Waals surface area contributed by atoms with Crippen molar-refractivity contribution in [2.75, 3.05) is 211 Å². The molecule has 5 amide bonds. The smallest absolute Gasteiger partial charge is 0.465 e. The molecule has 4 aromatic carbocycles. The molecule has 0 saturated carbocycles. The van der Waals surface area contributed by atoms with Crippen LogP contribution < -0.4 is 24.6 Å². The van der Waals surface area contributed by atoms with Gasteiger partial charge in [-0.3, -0.25) is 78.5 Å². The van der Waals surface area contributed by atoms with Gasteiger partial charge in [-0.1, -0.05) is 34.0 Å². The lowest BCUT2D eigenvalue weighted by Gasteiger charge is -2.14. The zero-order valence-electron chi connectivity index (χ0n) is 76.2. The number of ether oxygens (including phenoxy) is 22. The molecule has 2 saturated heterocycles. The number of amides is 5. The van der Waals surface area contributed by atoms with Crippen LogP contribution in [0.25, 0.3) is 22.1 Å². The summed E-state index contributed by atoms with van der Waals surface area (Å²) < 4.78 is 109. The van der Waals surface area contributed by atoms with Crippen LogP contribution in [0.5, 0.6) is 11.5 Å². The van der Waals surface area contributed by atoms with Crippen molar-refractivity contribution in [3.8, 4) is 11.5 Å². The van der Waals surface area contributed by atoms with Crippen molar-refractivity contribution in [2.45, 2.75) is 77.0 Å². The second kappa shape index (κ2) is 80.6. The summed E-state index contributed by atoms with van der Waals surface area (Å²) in [6.45, 7) is 10.2. The molecule has 140 heavy (non-hydrogen) atoms. The molecule has 8 rings (SSSR count). The van der Waals surface area contributed by atoms with Gasteiger partial charge in [0.25, 0.3) is 49.1 Å². The summed E-state index contributed by atoms with van der Waals surface area (Å²) in [5.41, 5.74) is 4.26. The minimum atomic E-state index is -0.980. The van der Waals surface area contributed by atoms with E-state index in [1.807, 2.05) is 0 Å². The highest BCUT2D eigenvalue weighted by molar-refractivity contribution is 6.03. The number of hydroxylamine groups is 2. The molecule has 56 heteroatoms. The second-order valence-corrected chi connectivity index (χ2v) is 26.4. The van der Waals surface area contributed by atoms with Crippen LogP contribution in [0.15, 0.2) is 97.1 Å². The largest absolute Gasteiger partial charge is 0.535 e. The molecule has 2 fully saturated rings. The summed E-state index contributed by atoms with van der Waals surface area (Å²) in [6, 6.07) is 23.9. The number of nitrogens with zero attached hydrogens (tertiary/aromatic N) is 10. The lowest BCUT2D eigenvalue weighted by atomic mass is 10.3. The fourth-order valence-corrected chi connectivity index (χ4v) is 9.71. The van der Waals surface area contributed by atoms with Crippen molar-refractivity contribution in [3.63, 3.8) is 0 Å². The van der Waals surface area contributed by atoms with E-state index in [1.54, 1.807) is 48.5 Å². The molecule has 4 heterocycles. The van der Waals surface area contributed by atoms with Crippen molar-refractivity contribution in [1.29, 1.82) is 0 Å². The fraction of sp³-hybridized carbons (Fsp3) is 0.524. The summed E-state index contributed by atoms with van der Waals surface area (Å²) >= 11 is 0. The number of carbonyl (C=O) groups is 16. The van der Waals surface area contributed by atoms with Crippen molar-refractivity contribution < 1.29 is 205 Å². The predicted molar refractivity (Wildman–Crippen MR) is 464 cm³/mol. The standard InChI is InChI=1S/C20H20N6O8.C20H20N2O12.C18H25N3O9.C10H18O4.2C8H14O6/c27-19(33-25-17-7-3-1-5-15(17)21-23-25)31-13-11-29-9-10-30-12-14-32-20(28)34-26-18-8-4-2-6-16(18)22-24-26;23-19(33-17-5-1-15(2-6-17)21(25)26)31-13-11-29-9-10-30-12-14-32-20(24)34-18-7-3-16(4-8-18)22(27)28;22-13(19-20-14(23)5-6-15(20)24)3-1-9-28-11-12-29-10-2-4-18(27)30-21-16(25)7-8-17(21)26;11-5-1-3-7-13-9-10-14-8-4-2-6-12;2*9-7-13-5-3-11-1-2-12-4-6-14-8-10/h2*1-8H,9-14H2;1-12H2,(H,19,22);5-6H,1-4,7-10H2;2*7-8H,1-6H2. The third-order valence-electron chi connectivity index (χ3n) is 16.2. The Balaban J connectivity index is 0.000000451. The van der Waals surface area contributed by atoms with Gasteiger partial charge < -0.3 is 119 Å². The van der Waals surface area contributed by atoms with Crippen LogP contribution >= 0.6 is 0 Å². The Hall–Kier alpha value is -14.5. The average Bonchev–Trinajstić information content (AvgIpc) is 1.69. The summed E-state index contributed by atoms with van der Waals surface area (Å²) in [4.78, 5) is 210. The van der Waals surface area contributed by atoms with Gasteiger partial charge in [-0.15, -0.1) is 15.3 Å². The van der Waals surface area contributed by atoms with E-state index in [9.17, 15) is 96.9 Å². The highest BCUT2D eigenvalue weighted by Gasteiger charge is 2.33. The van der Waals surface area contributed by atoms with Crippen LogP contribution in [0.3, 0.4) is 0 Å². The van der Waals surface area contributed by atoms with E-state index in [4.69, 9.17) is 99.8 Å². The third kappa shape index (κ3) is 60.2. The van der Waals surface area contributed by atoms with E-state index in [-0.39, 0.29) is 174 Å². The maximum atomic E-state index is 11.7. The van der Waals surface area contributed by atoms with Gasteiger partial charge in [0.05, 0.1) is 148 Å². The third-order valence-corrected chi connectivity index (χ3v) is 16.2. The SMILES string of the molecule is O=C(CCCOCCOCCCC(=O)ON1C(=O)CCC1=O)NN1C(=O)CCC1=O.O=C(OCCOCCOCCOC(=O)Oc1ccc([N+](=O)[O-])cc1)Oc1ccc([N+](=O)[O-])cc1.O=C(OCCOCCOCCOC(=O)On1nnc2ccccc21)On1nnc2ccccc21.O=CCCCOCCOCCCC=O.O=COCCOCCOCCOC=O.O=COCCOCCOCCOC=O. The molecule has 0 spiro atoms. The van der Waals surface area contributed by atoms with Crippen LogP contribution in [-0.4, -0.2) is 360 Å². The van der Waals surface area contributed by atoms with E-state index < -0.39 is 70.0 Å². The number of aromatic nitrogens is 6. The number of hydrogen-bond donors (Lipinski definition) is 1. The van der Waals surface area contributed by atoms with Crippen molar-refractivity contribution in [3.05, 3.63) is 117 Å². The van der Waals surface area contributed by atoms with Gasteiger partial charge in [0.1, 0.15) is 99.0 Å². The Bertz CT molecular complexity index is 4180. The zero-order chi connectivity index (χ0) is 102. The van der Waals surface area contributed by atoms with Crippen LogP contribution in [0.2, 0.25) is 0 Å². The number of rotatable bonds is 70. The summed E-state index contributed by atoms with van der Waals surface area (Å²) in [7, 11) is 0. The Morgan fingerprint density at radius 1 is 0.336 bits per heavy atom. The maximum absolute atomic E-state index is 11.7. The molecule has 6 aromatic rings. The number of imide groups is 2. The van der Waals surface area contributed by atoms with Gasteiger partial charge in [0.2, 0.25) is 17.7 Å². The maximum Gasteiger partial charge on any atom is 0.535 e. The lowest BCUT2D eigenvalue weighted by molar-refractivity contribution is -0.385. The average molecular weight is 1990 g/mol. The zero-order valence-corrected chi connectivity index (χ0v) is 76.2. The minimum absolute atomic E-state index is 0.00898. The predicted octanol–water partition coefficient (Wildman–Crippen LogP) is 3.38. The number of nitrogens with one attached hydrogen (secondary N) is 1. The van der Waals surface area contributed by atoms with E-state index in [0.717, 1.165) is 40.1 Å². The molecule has 56 nitrogen and oxygen atoms in total. The highest BCUT2D eigenvalue weighted by Crippen LogP contribution is 2.20. The first-order valence-corrected chi connectivity index (χ1v) is 42.9. The molecule has 2 aliphatic rings. The van der Waals surface area contributed by atoms with E-state index in [1.165, 1.54) is 48.5 Å². The molecular weight excluding hydrogens is 1880 g/mol. The van der Waals surface area contributed by atoms with Gasteiger partial charge >= 0.3 is 30.6 Å². The van der Waals surface area contributed by atoms with Gasteiger partial charge in [0, 0.05) is 95.6 Å². The molecule has 0 aliphatic carbocycles. The Morgan fingerprint density at radius 3 is 0.943 bits per heavy atom. The Kier molecular flexibility index (Phi) is 68.9. The van der Waals surface area contributed by atoms with Gasteiger partial charge in [-0.25, -0.2) is 24.0 Å². The second-order valence-electron chi connectivity index (χ2n) is 26.4. The number of nitro benzene ring substituents is 2. The molecule has 0 unspecified atom stereocenters. The molecule has 0 atom stereocenters. The molecule has 772 valence electrons. The van der Waals surface area contributed by atoms with Crippen LogP contribution in [0, 0.1) is 20.2 Å². The number of carbonyl (C=O) groups excluding carboxylic acids is 16. The van der Waals surface area contributed by atoms with Crippen molar-refractivity contribution in [1.82, 2.24) is 45.8 Å². The number of unbranched alkanes of at least 4 members (excludes halogenated alkanes) is 2. The first-order chi connectivity index (χ1) is 68.2. The number of benzene rings is 4. The lowest BCUT2D eigenvalue weighted by Crippen LogP contribution is -2.45. The van der Waals surface area contributed by atoms with Crippen molar-refractivity contribution >= 4 is 132 Å². The topological polar surface area (TPSA) is 670 Å². The number of fused-ring (bicyclic) bond motifs is 2. The van der Waals surface area contributed by atoms with E-state index in [0.29, 0.717) is 178 Å². The van der Waals surface area contributed by atoms with E-state index in [2.05, 4.69) is 45.0 Å². The number of para-hydroxylation sites is 2. The number of hydrazine groups is 1. The molecule has 0 bridgehead atoms. The number of aldehydes is 2. The van der Waals surface area contributed by atoms with Gasteiger partial charge in [-0.05, 0) is 84.6 Å². The first-order valence-electron chi connectivity index (χ1n) is 42.9. The minimum Gasteiger partial charge on any atom is -0.465 e. The van der Waals surface area contributed by atoms with Crippen LogP contribution in [-0.2, 0) is 157 Å². The monoisotopic (exact) mass is 1990 g/mol. The van der Waals surface area contributed by atoms with Crippen molar-refractivity contribution in [2.24, 2.45) is 0 Å².